The zero-order chi connectivity index (χ0) is 10.8. The molecule has 3 heteroatoms. The molecule has 0 aromatic heterocycles. The Kier molecular flexibility index (Phi) is 3.13. The lowest BCUT2D eigenvalue weighted by molar-refractivity contribution is -0.0240. The molecule has 0 radical (unpaired) electrons. The highest BCUT2D eigenvalue weighted by molar-refractivity contribution is 5.37. The fourth-order valence-electron chi connectivity index (χ4n) is 1.50. The molecule has 0 amide bonds. The molecule has 0 atom stereocenters. The number of hydrogen-bond donors (Lipinski definition) is 1. The van der Waals surface area contributed by atoms with Crippen molar-refractivity contribution in [3.05, 3.63) is 29.3 Å². The molecule has 0 saturated heterocycles. The van der Waals surface area contributed by atoms with Gasteiger partial charge in [-0.3, -0.25) is 4.84 Å². The summed E-state index contributed by atoms with van der Waals surface area (Å²) in [6, 6.07) is 5.85. The largest absolute Gasteiger partial charge is 0.497 e. The molecule has 0 aliphatic carbocycles. The lowest BCUT2D eigenvalue weighted by Crippen LogP contribution is -2.26. The van der Waals surface area contributed by atoms with Crippen molar-refractivity contribution in [1.82, 2.24) is 0 Å². The van der Waals surface area contributed by atoms with Crippen molar-refractivity contribution in [3.8, 4) is 5.75 Å². The molecular formula is C11H17NO2. The van der Waals surface area contributed by atoms with Crippen LogP contribution in [-0.2, 0) is 10.4 Å². The van der Waals surface area contributed by atoms with E-state index in [1.807, 2.05) is 39.0 Å². The van der Waals surface area contributed by atoms with Gasteiger partial charge in [0.1, 0.15) is 11.4 Å². The SMILES string of the molecule is COc1ccc(C(C)(C)ON)c(C)c1. The Labute approximate surface area is 84.8 Å². The fraction of sp³-hybridized carbons (Fsp3) is 0.455. The third kappa shape index (κ3) is 2.05. The first kappa shape index (κ1) is 11.0. The minimum atomic E-state index is -0.462. The average molecular weight is 195 g/mol. The van der Waals surface area contributed by atoms with E-state index in [9.17, 15) is 0 Å². The third-order valence-corrected chi connectivity index (χ3v) is 2.38. The van der Waals surface area contributed by atoms with Crippen LogP contribution in [0.3, 0.4) is 0 Å². The number of methoxy groups -OCH3 is 1. The first-order chi connectivity index (χ1) is 6.51. The normalized spacial score (nSPS) is 11.5. The van der Waals surface area contributed by atoms with Crippen LogP contribution < -0.4 is 10.6 Å². The third-order valence-electron chi connectivity index (χ3n) is 2.38. The van der Waals surface area contributed by atoms with Gasteiger partial charge in [-0.15, -0.1) is 0 Å². The lowest BCUT2D eigenvalue weighted by atomic mass is 9.94. The van der Waals surface area contributed by atoms with Gasteiger partial charge in [-0.1, -0.05) is 6.07 Å². The first-order valence-electron chi connectivity index (χ1n) is 4.54. The van der Waals surface area contributed by atoms with E-state index in [0.29, 0.717) is 0 Å². The highest BCUT2D eigenvalue weighted by Crippen LogP contribution is 2.28. The summed E-state index contributed by atoms with van der Waals surface area (Å²) in [4.78, 5) is 4.94. The van der Waals surface area contributed by atoms with Crippen LogP contribution in [0.15, 0.2) is 18.2 Å². The number of hydrogen-bond acceptors (Lipinski definition) is 3. The van der Waals surface area contributed by atoms with Gasteiger partial charge in [0, 0.05) is 0 Å². The summed E-state index contributed by atoms with van der Waals surface area (Å²) >= 11 is 0. The minimum Gasteiger partial charge on any atom is -0.497 e. The minimum absolute atomic E-state index is 0.462. The molecule has 0 heterocycles. The summed E-state index contributed by atoms with van der Waals surface area (Å²) in [6.45, 7) is 5.88. The van der Waals surface area contributed by atoms with E-state index in [1.54, 1.807) is 7.11 Å². The Morgan fingerprint density at radius 3 is 2.36 bits per heavy atom. The smallest absolute Gasteiger partial charge is 0.119 e. The maximum atomic E-state index is 5.25. The van der Waals surface area contributed by atoms with E-state index >= 15 is 0 Å². The van der Waals surface area contributed by atoms with Crippen LogP contribution in [0.2, 0.25) is 0 Å². The van der Waals surface area contributed by atoms with Gasteiger partial charge >= 0.3 is 0 Å². The number of benzene rings is 1. The molecule has 1 aromatic rings. The van der Waals surface area contributed by atoms with Crippen LogP contribution in [0.5, 0.6) is 5.75 Å². The Bertz CT molecular complexity index is 321. The summed E-state index contributed by atoms with van der Waals surface area (Å²) in [5.41, 5.74) is 1.72. The molecule has 78 valence electrons. The monoisotopic (exact) mass is 195 g/mol. The second-order valence-corrected chi connectivity index (χ2v) is 3.81. The summed E-state index contributed by atoms with van der Waals surface area (Å²) in [6.07, 6.45) is 0. The number of nitrogens with two attached hydrogens (primary N) is 1. The van der Waals surface area contributed by atoms with E-state index < -0.39 is 5.60 Å². The quantitative estimate of drug-likeness (QED) is 0.751. The standard InChI is InChI=1S/C11H17NO2/c1-8-7-9(13-4)5-6-10(8)11(2,3)14-12/h5-7H,12H2,1-4H3. The van der Waals surface area contributed by atoms with E-state index in [2.05, 4.69) is 0 Å². The predicted octanol–water partition coefficient (Wildman–Crippen LogP) is 2.13. The van der Waals surface area contributed by atoms with Gasteiger partial charge in [-0.2, -0.15) is 0 Å². The molecule has 3 nitrogen and oxygen atoms in total. The number of ether oxygens (including phenoxy) is 1. The highest BCUT2D eigenvalue weighted by Gasteiger charge is 2.22. The topological polar surface area (TPSA) is 44.5 Å². The molecule has 0 aliphatic heterocycles. The molecule has 0 fully saturated rings. The zero-order valence-corrected chi connectivity index (χ0v) is 9.13. The summed E-state index contributed by atoms with van der Waals surface area (Å²) in [7, 11) is 1.65. The summed E-state index contributed by atoms with van der Waals surface area (Å²) < 4.78 is 5.12. The van der Waals surface area contributed by atoms with Crippen LogP contribution in [0.4, 0.5) is 0 Å². The van der Waals surface area contributed by atoms with Gasteiger partial charge in [0.25, 0.3) is 0 Å². The van der Waals surface area contributed by atoms with Gasteiger partial charge in [-0.25, -0.2) is 5.90 Å². The van der Waals surface area contributed by atoms with Crippen molar-refractivity contribution in [2.24, 2.45) is 5.90 Å². The van der Waals surface area contributed by atoms with Crippen LogP contribution in [0, 0.1) is 6.92 Å². The first-order valence-corrected chi connectivity index (χ1v) is 4.54. The van der Waals surface area contributed by atoms with Gasteiger partial charge in [0.05, 0.1) is 7.11 Å². The van der Waals surface area contributed by atoms with Crippen molar-refractivity contribution in [2.45, 2.75) is 26.4 Å². The zero-order valence-electron chi connectivity index (χ0n) is 9.13. The lowest BCUT2D eigenvalue weighted by Gasteiger charge is -2.24. The highest BCUT2D eigenvalue weighted by atomic mass is 16.6. The van der Waals surface area contributed by atoms with Crippen molar-refractivity contribution >= 4 is 0 Å². The van der Waals surface area contributed by atoms with Crippen LogP contribution in [0.25, 0.3) is 0 Å². The molecular weight excluding hydrogens is 178 g/mol. The van der Waals surface area contributed by atoms with Crippen molar-refractivity contribution in [3.63, 3.8) is 0 Å². The Morgan fingerprint density at radius 1 is 1.29 bits per heavy atom. The molecule has 2 N–H and O–H groups in total. The second kappa shape index (κ2) is 3.98. The second-order valence-electron chi connectivity index (χ2n) is 3.81. The molecule has 0 unspecified atom stereocenters. The molecule has 0 bridgehead atoms. The van der Waals surface area contributed by atoms with Crippen molar-refractivity contribution < 1.29 is 9.57 Å². The summed E-state index contributed by atoms with van der Waals surface area (Å²) in [5.74, 6) is 6.09. The van der Waals surface area contributed by atoms with E-state index in [1.165, 1.54) is 0 Å². The van der Waals surface area contributed by atoms with Gasteiger partial charge in [0.2, 0.25) is 0 Å². The Balaban J connectivity index is 3.12. The molecule has 0 saturated carbocycles. The fourth-order valence-corrected chi connectivity index (χ4v) is 1.50. The summed E-state index contributed by atoms with van der Waals surface area (Å²) in [5, 5.41) is 0. The van der Waals surface area contributed by atoms with Crippen LogP contribution >= 0.6 is 0 Å². The molecule has 1 rings (SSSR count). The van der Waals surface area contributed by atoms with Crippen molar-refractivity contribution in [2.75, 3.05) is 7.11 Å². The Morgan fingerprint density at radius 2 is 1.93 bits per heavy atom. The van der Waals surface area contributed by atoms with Crippen LogP contribution in [0.1, 0.15) is 25.0 Å². The van der Waals surface area contributed by atoms with E-state index in [-0.39, 0.29) is 0 Å². The molecule has 1 aromatic carbocycles. The number of rotatable bonds is 3. The van der Waals surface area contributed by atoms with Crippen molar-refractivity contribution in [1.29, 1.82) is 0 Å². The van der Waals surface area contributed by atoms with Gasteiger partial charge in [-0.05, 0) is 44.0 Å². The number of aryl methyl sites for hydroxylation is 1. The molecule has 0 aliphatic rings. The predicted molar refractivity (Wildman–Crippen MR) is 56.0 cm³/mol. The van der Waals surface area contributed by atoms with Crippen LogP contribution in [-0.4, -0.2) is 7.11 Å². The maximum Gasteiger partial charge on any atom is 0.119 e. The molecule has 14 heavy (non-hydrogen) atoms. The Hall–Kier alpha value is -1.06. The van der Waals surface area contributed by atoms with Gasteiger partial charge < -0.3 is 4.74 Å². The van der Waals surface area contributed by atoms with Gasteiger partial charge in [0.15, 0.2) is 0 Å². The average Bonchev–Trinajstić information content (AvgIpc) is 2.17. The molecule has 0 spiro atoms. The van der Waals surface area contributed by atoms with E-state index in [4.69, 9.17) is 15.5 Å². The van der Waals surface area contributed by atoms with E-state index in [0.717, 1.165) is 16.9 Å². The maximum absolute atomic E-state index is 5.25.